The molecular formula is C16H20N6OS. The Morgan fingerprint density at radius 2 is 2.08 bits per heavy atom. The Kier molecular flexibility index (Phi) is 6.02. The lowest BCUT2D eigenvalue weighted by Crippen LogP contribution is -2.32. The molecule has 0 aliphatic carbocycles. The number of rotatable bonds is 6. The van der Waals surface area contributed by atoms with Crippen molar-refractivity contribution in [3.8, 4) is 11.4 Å². The lowest BCUT2D eigenvalue weighted by atomic mass is 10.2. The Bertz CT molecular complexity index is 767. The first-order valence-electron chi connectivity index (χ1n) is 7.32. The summed E-state index contributed by atoms with van der Waals surface area (Å²) in [5.41, 5.74) is 8.98. The van der Waals surface area contributed by atoms with Crippen molar-refractivity contribution in [1.29, 1.82) is 0 Å². The molecule has 0 unspecified atom stereocenters. The third-order valence-corrected chi connectivity index (χ3v) is 3.60. The highest BCUT2D eigenvalue weighted by Crippen LogP contribution is 2.25. The van der Waals surface area contributed by atoms with Gasteiger partial charge in [-0.1, -0.05) is 18.2 Å². The van der Waals surface area contributed by atoms with E-state index in [4.69, 9.17) is 5.73 Å². The Morgan fingerprint density at radius 3 is 2.79 bits per heavy atom. The van der Waals surface area contributed by atoms with Gasteiger partial charge in [-0.15, -0.1) is 11.3 Å². The van der Waals surface area contributed by atoms with Crippen LogP contribution < -0.4 is 16.4 Å². The second kappa shape index (κ2) is 8.21. The Balaban J connectivity index is 2.10. The van der Waals surface area contributed by atoms with E-state index >= 15 is 0 Å². The van der Waals surface area contributed by atoms with Crippen LogP contribution in [-0.2, 0) is 11.3 Å². The van der Waals surface area contributed by atoms with E-state index < -0.39 is 0 Å². The van der Waals surface area contributed by atoms with Crippen LogP contribution in [0, 0.1) is 0 Å². The molecule has 0 spiro atoms. The standard InChI is InChI=1S/C16H20N6OS/c1-10(2)7-19-15(17)22-16-21-14(9-24-16)13-6-4-5-12(20-13)8-18-11(3)23/h4-6,9H,1,7-8H2,2-3H3,(H,18,23)(H3,17,19,21,22). The van der Waals surface area contributed by atoms with Gasteiger partial charge >= 0.3 is 0 Å². The number of guanidine groups is 1. The molecule has 0 bridgehead atoms. The molecule has 0 aliphatic rings. The van der Waals surface area contributed by atoms with Gasteiger partial charge in [0.2, 0.25) is 11.0 Å². The molecule has 0 aliphatic heterocycles. The summed E-state index contributed by atoms with van der Waals surface area (Å²) < 4.78 is 0. The van der Waals surface area contributed by atoms with Crippen molar-refractivity contribution >= 4 is 28.3 Å². The maximum Gasteiger partial charge on any atom is 0.217 e. The van der Waals surface area contributed by atoms with Crippen molar-refractivity contribution in [2.45, 2.75) is 20.4 Å². The van der Waals surface area contributed by atoms with Crippen LogP contribution in [0.15, 0.2) is 40.7 Å². The van der Waals surface area contributed by atoms with Gasteiger partial charge in [0.15, 0.2) is 5.96 Å². The molecule has 2 aromatic rings. The van der Waals surface area contributed by atoms with Crippen molar-refractivity contribution in [2.24, 2.45) is 10.7 Å². The topological polar surface area (TPSA) is 105 Å². The normalized spacial score (nSPS) is 11.2. The highest BCUT2D eigenvalue weighted by Gasteiger charge is 2.07. The number of aliphatic imine (C=N–C) groups is 1. The molecule has 1 amide bonds. The molecule has 0 saturated carbocycles. The molecule has 0 saturated heterocycles. The van der Waals surface area contributed by atoms with E-state index in [0.717, 1.165) is 22.7 Å². The molecule has 0 radical (unpaired) electrons. The molecule has 4 N–H and O–H groups in total. The molecule has 2 rings (SSSR count). The fourth-order valence-electron chi connectivity index (χ4n) is 1.75. The summed E-state index contributed by atoms with van der Waals surface area (Å²) >= 11 is 1.38. The summed E-state index contributed by atoms with van der Waals surface area (Å²) in [5, 5.41) is 8.09. The summed E-state index contributed by atoms with van der Waals surface area (Å²) in [6, 6.07) is 5.59. The number of nitrogens with one attached hydrogen (secondary N) is 2. The van der Waals surface area contributed by atoms with Gasteiger partial charge in [-0.3, -0.25) is 4.79 Å². The van der Waals surface area contributed by atoms with Crippen LogP contribution in [0.5, 0.6) is 0 Å². The van der Waals surface area contributed by atoms with Gasteiger partial charge in [-0.2, -0.15) is 4.99 Å². The summed E-state index contributed by atoms with van der Waals surface area (Å²) in [6.07, 6.45) is 0. The molecule has 0 fully saturated rings. The average molecular weight is 344 g/mol. The highest BCUT2D eigenvalue weighted by atomic mass is 32.1. The predicted octanol–water partition coefficient (Wildman–Crippen LogP) is 1.95. The fraction of sp³-hybridized carbons (Fsp3) is 0.250. The van der Waals surface area contributed by atoms with Crippen LogP contribution in [-0.4, -0.2) is 28.4 Å². The fourth-order valence-corrected chi connectivity index (χ4v) is 2.45. The van der Waals surface area contributed by atoms with Crippen LogP contribution >= 0.6 is 11.3 Å². The molecule has 0 atom stereocenters. The van der Waals surface area contributed by atoms with Gasteiger partial charge in [0, 0.05) is 18.8 Å². The number of amides is 1. The van der Waals surface area contributed by atoms with Gasteiger partial charge in [0.25, 0.3) is 0 Å². The average Bonchev–Trinajstić information content (AvgIpc) is 3.00. The van der Waals surface area contributed by atoms with Crippen LogP contribution in [0.4, 0.5) is 5.13 Å². The zero-order chi connectivity index (χ0) is 17.5. The number of carbonyl (C=O) groups excluding carboxylic acids is 1. The minimum atomic E-state index is -0.0924. The summed E-state index contributed by atoms with van der Waals surface area (Å²) in [6.45, 7) is 8.12. The molecule has 7 nitrogen and oxygen atoms in total. The quantitative estimate of drug-likeness (QED) is 0.422. The first-order valence-corrected chi connectivity index (χ1v) is 8.20. The monoisotopic (exact) mass is 344 g/mol. The molecule has 126 valence electrons. The molecule has 24 heavy (non-hydrogen) atoms. The van der Waals surface area contributed by atoms with Crippen molar-refractivity contribution in [2.75, 3.05) is 6.54 Å². The van der Waals surface area contributed by atoms with Gasteiger partial charge in [0.05, 0.1) is 17.9 Å². The number of nitrogens with zero attached hydrogens (tertiary/aromatic N) is 3. The summed E-state index contributed by atoms with van der Waals surface area (Å²) in [5.74, 6) is 0.205. The molecular weight excluding hydrogens is 324 g/mol. The molecule has 8 heteroatoms. The zero-order valence-electron chi connectivity index (χ0n) is 13.7. The third-order valence-electron chi connectivity index (χ3n) is 2.87. The third kappa shape index (κ3) is 5.47. The summed E-state index contributed by atoms with van der Waals surface area (Å²) in [7, 11) is 0. The highest BCUT2D eigenvalue weighted by molar-refractivity contribution is 7.13. The van der Waals surface area contributed by atoms with E-state index in [9.17, 15) is 4.79 Å². The van der Waals surface area contributed by atoms with Crippen molar-refractivity contribution in [1.82, 2.24) is 20.6 Å². The second-order valence-corrected chi connectivity index (χ2v) is 6.08. The zero-order valence-corrected chi connectivity index (χ0v) is 14.5. The number of aromatic nitrogens is 2. The van der Waals surface area contributed by atoms with Crippen molar-refractivity contribution < 1.29 is 4.79 Å². The van der Waals surface area contributed by atoms with E-state index in [1.165, 1.54) is 18.3 Å². The van der Waals surface area contributed by atoms with Gasteiger partial charge in [-0.25, -0.2) is 9.97 Å². The largest absolute Gasteiger partial charge is 0.370 e. The first-order chi connectivity index (χ1) is 11.4. The molecule has 2 heterocycles. The Labute approximate surface area is 144 Å². The lowest BCUT2D eigenvalue weighted by Gasteiger charge is -2.03. The van der Waals surface area contributed by atoms with E-state index in [-0.39, 0.29) is 5.91 Å². The lowest BCUT2D eigenvalue weighted by molar-refractivity contribution is -0.119. The maximum atomic E-state index is 11.0. The van der Waals surface area contributed by atoms with E-state index in [0.29, 0.717) is 24.2 Å². The van der Waals surface area contributed by atoms with Gasteiger partial charge in [0.1, 0.15) is 5.69 Å². The Hall–Kier alpha value is -2.74. The Morgan fingerprint density at radius 1 is 1.29 bits per heavy atom. The number of nitrogens with two attached hydrogens (primary N) is 1. The SMILES string of the molecule is C=C(C)CNC(N)=Nc1nc(-c2cccc(CNC(C)=O)n2)cs1. The minimum Gasteiger partial charge on any atom is -0.370 e. The number of carbonyl (C=O) groups is 1. The number of pyridine rings is 1. The number of hydrogen-bond donors (Lipinski definition) is 3. The smallest absolute Gasteiger partial charge is 0.217 e. The van der Waals surface area contributed by atoms with E-state index in [2.05, 4.69) is 32.2 Å². The van der Waals surface area contributed by atoms with E-state index in [1.807, 2.05) is 30.5 Å². The summed E-state index contributed by atoms with van der Waals surface area (Å²) in [4.78, 5) is 24.1. The first kappa shape index (κ1) is 17.6. The van der Waals surface area contributed by atoms with Crippen LogP contribution in [0.1, 0.15) is 19.5 Å². The predicted molar refractivity (Wildman–Crippen MR) is 97.0 cm³/mol. The van der Waals surface area contributed by atoms with Gasteiger partial charge < -0.3 is 16.4 Å². The maximum absolute atomic E-state index is 11.0. The van der Waals surface area contributed by atoms with Crippen LogP contribution in [0.25, 0.3) is 11.4 Å². The second-order valence-electron chi connectivity index (χ2n) is 5.25. The van der Waals surface area contributed by atoms with Crippen molar-refractivity contribution in [3.63, 3.8) is 0 Å². The van der Waals surface area contributed by atoms with E-state index in [1.54, 1.807) is 0 Å². The van der Waals surface area contributed by atoms with Crippen molar-refractivity contribution in [3.05, 3.63) is 41.4 Å². The van der Waals surface area contributed by atoms with Crippen LogP contribution in [0.3, 0.4) is 0 Å². The molecule has 0 aromatic carbocycles. The molecule has 2 aromatic heterocycles. The number of hydrogen-bond acceptors (Lipinski definition) is 5. The minimum absolute atomic E-state index is 0.0924. The van der Waals surface area contributed by atoms with Gasteiger partial charge in [-0.05, 0) is 19.1 Å². The number of thiazole rings is 1. The van der Waals surface area contributed by atoms with Crippen LogP contribution in [0.2, 0.25) is 0 Å².